The number of rotatable bonds is 3. The van der Waals surface area contributed by atoms with Crippen LogP contribution in [0.5, 0.6) is 5.88 Å². The Balaban J connectivity index is 2.62. The Hall–Kier alpha value is -1.62. The van der Waals surface area contributed by atoms with Crippen molar-refractivity contribution >= 4 is 11.0 Å². The summed E-state index contributed by atoms with van der Waals surface area (Å²) in [7, 11) is 1.55. The van der Waals surface area contributed by atoms with Crippen LogP contribution in [0.1, 0.15) is 5.69 Å². The van der Waals surface area contributed by atoms with Crippen molar-refractivity contribution in [2.45, 2.75) is 6.42 Å². The molecule has 0 aliphatic carbocycles. The summed E-state index contributed by atoms with van der Waals surface area (Å²) in [6.45, 7) is 0.542. The summed E-state index contributed by atoms with van der Waals surface area (Å²) >= 11 is 0. The summed E-state index contributed by atoms with van der Waals surface area (Å²) in [5.41, 5.74) is 7.02. The van der Waals surface area contributed by atoms with Crippen LogP contribution in [-0.4, -0.2) is 23.8 Å². The van der Waals surface area contributed by atoms with Gasteiger partial charge in [0.1, 0.15) is 5.39 Å². The minimum absolute atomic E-state index is 0.469. The van der Waals surface area contributed by atoms with Crippen LogP contribution in [0.2, 0.25) is 0 Å². The van der Waals surface area contributed by atoms with Crippen LogP contribution in [0.15, 0.2) is 16.8 Å². The van der Waals surface area contributed by atoms with Gasteiger partial charge in [-0.3, -0.25) is 4.98 Å². The molecular formula is C9H11N3O2. The normalized spacial score (nSPS) is 10.7. The average Bonchev–Trinajstić information content (AvgIpc) is 2.62. The van der Waals surface area contributed by atoms with E-state index in [0.717, 1.165) is 11.1 Å². The maximum Gasteiger partial charge on any atom is 0.263 e. The monoisotopic (exact) mass is 193 g/mol. The van der Waals surface area contributed by atoms with Crippen LogP contribution < -0.4 is 10.5 Å². The molecule has 0 spiro atoms. The van der Waals surface area contributed by atoms with E-state index in [1.807, 2.05) is 0 Å². The maximum atomic E-state index is 5.48. The molecule has 0 aromatic carbocycles. The molecule has 2 N–H and O–H groups in total. The Morgan fingerprint density at radius 3 is 3.14 bits per heavy atom. The number of hydrogen-bond donors (Lipinski definition) is 1. The molecule has 2 rings (SSSR count). The lowest BCUT2D eigenvalue weighted by Crippen LogP contribution is -2.04. The Morgan fingerprint density at radius 2 is 2.43 bits per heavy atom. The molecular weight excluding hydrogens is 182 g/mol. The molecule has 5 nitrogen and oxygen atoms in total. The van der Waals surface area contributed by atoms with Gasteiger partial charge in [-0.05, 0) is 11.7 Å². The van der Waals surface area contributed by atoms with Gasteiger partial charge < -0.3 is 15.0 Å². The molecule has 0 atom stereocenters. The largest absolute Gasteiger partial charge is 0.478 e. The average molecular weight is 193 g/mol. The predicted octanol–water partition coefficient (Wildman–Crippen LogP) is 0.733. The van der Waals surface area contributed by atoms with Crippen molar-refractivity contribution in [2.24, 2.45) is 5.73 Å². The van der Waals surface area contributed by atoms with E-state index >= 15 is 0 Å². The zero-order chi connectivity index (χ0) is 9.97. The van der Waals surface area contributed by atoms with Crippen molar-refractivity contribution in [3.63, 3.8) is 0 Å². The SMILES string of the molecule is COc1noc2ccnc(CCN)c12. The molecule has 0 aliphatic heterocycles. The van der Waals surface area contributed by atoms with E-state index in [2.05, 4.69) is 10.1 Å². The van der Waals surface area contributed by atoms with E-state index in [1.165, 1.54) is 0 Å². The van der Waals surface area contributed by atoms with Crippen LogP contribution >= 0.6 is 0 Å². The number of methoxy groups -OCH3 is 1. The van der Waals surface area contributed by atoms with E-state index in [0.29, 0.717) is 24.4 Å². The number of aromatic nitrogens is 2. The minimum atomic E-state index is 0.469. The van der Waals surface area contributed by atoms with Gasteiger partial charge in [0.2, 0.25) is 0 Å². The third-order valence-electron chi connectivity index (χ3n) is 2.01. The lowest BCUT2D eigenvalue weighted by molar-refractivity contribution is 0.350. The summed E-state index contributed by atoms with van der Waals surface area (Å²) in [6, 6.07) is 1.75. The van der Waals surface area contributed by atoms with Gasteiger partial charge in [-0.2, -0.15) is 0 Å². The lowest BCUT2D eigenvalue weighted by atomic mass is 10.2. The zero-order valence-electron chi connectivity index (χ0n) is 7.86. The van der Waals surface area contributed by atoms with Gasteiger partial charge in [0.15, 0.2) is 5.58 Å². The zero-order valence-corrected chi connectivity index (χ0v) is 7.86. The van der Waals surface area contributed by atoms with Gasteiger partial charge in [0, 0.05) is 18.7 Å². The van der Waals surface area contributed by atoms with Crippen molar-refractivity contribution in [2.75, 3.05) is 13.7 Å². The highest BCUT2D eigenvalue weighted by Crippen LogP contribution is 2.26. The van der Waals surface area contributed by atoms with Gasteiger partial charge in [-0.1, -0.05) is 0 Å². The van der Waals surface area contributed by atoms with E-state index in [9.17, 15) is 0 Å². The van der Waals surface area contributed by atoms with Crippen molar-refractivity contribution in [3.8, 4) is 5.88 Å². The standard InChI is InChI=1S/C9H11N3O2/c1-13-9-8-6(2-4-10)11-5-3-7(8)14-12-9/h3,5H,2,4,10H2,1H3. The summed E-state index contributed by atoms with van der Waals surface area (Å²) in [5, 5.41) is 4.60. The summed E-state index contributed by atoms with van der Waals surface area (Å²) in [6.07, 6.45) is 2.37. The first-order valence-corrected chi connectivity index (χ1v) is 4.34. The number of hydrogen-bond acceptors (Lipinski definition) is 5. The van der Waals surface area contributed by atoms with E-state index in [-0.39, 0.29) is 0 Å². The molecule has 0 amide bonds. The summed E-state index contributed by atoms with van der Waals surface area (Å²) < 4.78 is 10.1. The lowest BCUT2D eigenvalue weighted by Gasteiger charge is -1.99. The highest BCUT2D eigenvalue weighted by atomic mass is 16.5. The predicted molar refractivity (Wildman–Crippen MR) is 51.1 cm³/mol. The molecule has 5 heteroatoms. The number of pyridine rings is 1. The van der Waals surface area contributed by atoms with Crippen molar-refractivity contribution in [1.29, 1.82) is 0 Å². The fourth-order valence-corrected chi connectivity index (χ4v) is 1.39. The van der Waals surface area contributed by atoms with E-state index in [4.69, 9.17) is 15.0 Å². The van der Waals surface area contributed by atoms with Crippen LogP contribution in [0.3, 0.4) is 0 Å². The molecule has 0 bridgehead atoms. The highest BCUT2D eigenvalue weighted by Gasteiger charge is 2.12. The Morgan fingerprint density at radius 1 is 1.57 bits per heavy atom. The Kier molecular flexibility index (Phi) is 2.32. The first-order valence-electron chi connectivity index (χ1n) is 4.34. The van der Waals surface area contributed by atoms with Gasteiger partial charge >= 0.3 is 0 Å². The smallest absolute Gasteiger partial charge is 0.263 e. The fourth-order valence-electron chi connectivity index (χ4n) is 1.39. The van der Waals surface area contributed by atoms with Crippen LogP contribution in [0.25, 0.3) is 11.0 Å². The van der Waals surface area contributed by atoms with Crippen LogP contribution in [0.4, 0.5) is 0 Å². The molecule has 2 aromatic heterocycles. The topological polar surface area (TPSA) is 74.2 Å². The molecule has 2 heterocycles. The fraction of sp³-hybridized carbons (Fsp3) is 0.333. The third-order valence-corrected chi connectivity index (χ3v) is 2.01. The number of fused-ring (bicyclic) bond motifs is 1. The summed E-state index contributed by atoms with van der Waals surface area (Å²) in [5.74, 6) is 0.469. The van der Waals surface area contributed by atoms with Gasteiger partial charge in [0.05, 0.1) is 12.8 Å². The highest BCUT2D eigenvalue weighted by molar-refractivity contribution is 5.84. The quantitative estimate of drug-likeness (QED) is 0.777. The van der Waals surface area contributed by atoms with Crippen molar-refractivity contribution < 1.29 is 9.26 Å². The van der Waals surface area contributed by atoms with E-state index < -0.39 is 0 Å². The Labute approximate surface area is 80.8 Å². The molecule has 0 aliphatic rings. The molecule has 0 radical (unpaired) electrons. The number of nitrogens with zero attached hydrogens (tertiary/aromatic N) is 2. The maximum absolute atomic E-state index is 5.48. The second-order valence-corrected chi connectivity index (χ2v) is 2.86. The van der Waals surface area contributed by atoms with Crippen LogP contribution in [-0.2, 0) is 6.42 Å². The molecule has 14 heavy (non-hydrogen) atoms. The molecule has 0 unspecified atom stereocenters. The molecule has 0 saturated heterocycles. The Bertz CT molecular complexity index is 439. The molecule has 2 aromatic rings. The second-order valence-electron chi connectivity index (χ2n) is 2.86. The number of nitrogens with two attached hydrogens (primary N) is 1. The van der Waals surface area contributed by atoms with Crippen molar-refractivity contribution in [3.05, 3.63) is 18.0 Å². The van der Waals surface area contributed by atoms with E-state index in [1.54, 1.807) is 19.4 Å². The van der Waals surface area contributed by atoms with Gasteiger partial charge in [-0.25, -0.2) is 0 Å². The van der Waals surface area contributed by atoms with Crippen LogP contribution in [0, 0.1) is 0 Å². The molecule has 0 saturated carbocycles. The summed E-state index contributed by atoms with van der Waals surface area (Å²) in [4.78, 5) is 4.22. The first-order chi connectivity index (χ1) is 6.86. The van der Waals surface area contributed by atoms with Gasteiger partial charge in [0.25, 0.3) is 5.88 Å². The third kappa shape index (κ3) is 1.31. The number of ether oxygens (including phenoxy) is 1. The van der Waals surface area contributed by atoms with Crippen molar-refractivity contribution in [1.82, 2.24) is 10.1 Å². The minimum Gasteiger partial charge on any atom is -0.478 e. The second kappa shape index (κ2) is 3.63. The molecule has 74 valence electrons. The van der Waals surface area contributed by atoms with Gasteiger partial charge in [-0.15, -0.1) is 0 Å². The first kappa shape index (κ1) is 8.96. The molecule has 0 fully saturated rings.